The highest BCUT2D eigenvalue weighted by atomic mass is 15.4. The lowest BCUT2D eigenvalue weighted by Gasteiger charge is -1.99. The zero-order valence-electron chi connectivity index (χ0n) is 10.2. The molecule has 0 unspecified atom stereocenters. The minimum absolute atomic E-state index is 0.548. The van der Waals surface area contributed by atoms with Crippen molar-refractivity contribution in [2.45, 2.75) is 13.5 Å². The van der Waals surface area contributed by atoms with Gasteiger partial charge in [0.25, 0.3) is 0 Å². The van der Waals surface area contributed by atoms with E-state index in [0.717, 1.165) is 17.0 Å². The van der Waals surface area contributed by atoms with Crippen molar-refractivity contribution in [3.8, 4) is 0 Å². The Kier molecular flexibility index (Phi) is 2.44. The van der Waals surface area contributed by atoms with Gasteiger partial charge in [0.1, 0.15) is 6.33 Å². The Hall–Kier alpha value is -2.44. The van der Waals surface area contributed by atoms with Crippen LogP contribution in [0, 0.1) is 6.92 Å². The van der Waals surface area contributed by atoms with E-state index >= 15 is 0 Å². The molecule has 7 nitrogen and oxygen atoms in total. The van der Waals surface area contributed by atoms with Crippen molar-refractivity contribution in [2.24, 2.45) is 7.05 Å². The number of nitrogens with one attached hydrogen (secondary N) is 1. The van der Waals surface area contributed by atoms with E-state index in [2.05, 4.69) is 25.6 Å². The molecule has 1 N–H and O–H groups in total. The normalized spacial score (nSPS) is 11.0. The number of rotatable bonds is 3. The lowest BCUT2D eigenvalue weighted by Crippen LogP contribution is -2.06. The van der Waals surface area contributed by atoms with Gasteiger partial charge in [-0.1, -0.05) is 0 Å². The van der Waals surface area contributed by atoms with Crippen LogP contribution >= 0.6 is 0 Å². The molecule has 7 heteroatoms. The van der Waals surface area contributed by atoms with E-state index in [4.69, 9.17) is 0 Å². The van der Waals surface area contributed by atoms with Crippen molar-refractivity contribution in [3.05, 3.63) is 36.0 Å². The molecule has 0 amide bonds. The molecule has 18 heavy (non-hydrogen) atoms. The van der Waals surface area contributed by atoms with Crippen LogP contribution in [0.15, 0.2) is 24.7 Å². The Morgan fingerprint density at radius 1 is 1.39 bits per heavy atom. The highest BCUT2D eigenvalue weighted by Crippen LogP contribution is 2.08. The molecule has 3 aromatic heterocycles. The van der Waals surface area contributed by atoms with Crippen LogP contribution in [0.5, 0.6) is 0 Å². The summed E-state index contributed by atoms with van der Waals surface area (Å²) in [5.41, 5.74) is 1.99. The lowest BCUT2D eigenvalue weighted by molar-refractivity contribution is 0.806. The molecule has 92 valence electrons. The molecule has 0 aliphatic rings. The molecule has 0 spiro atoms. The van der Waals surface area contributed by atoms with Gasteiger partial charge in [0.2, 0.25) is 5.95 Å². The molecule has 3 rings (SSSR count). The first-order chi connectivity index (χ1) is 8.72. The lowest BCUT2D eigenvalue weighted by atomic mass is 10.3. The Bertz CT molecular complexity index is 682. The van der Waals surface area contributed by atoms with Gasteiger partial charge in [-0.2, -0.15) is 4.98 Å². The van der Waals surface area contributed by atoms with Crippen LogP contribution in [-0.4, -0.2) is 29.4 Å². The van der Waals surface area contributed by atoms with Gasteiger partial charge in [0, 0.05) is 13.2 Å². The van der Waals surface area contributed by atoms with Gasteiger partial charge in [-0.3, -0.25) is 0 Å². The third kappa shape index (κ3) is 1.90. The number of aromatic nitrogens is 6. The van der Waals surface area contributed by atoms with Crippen LogP contribution in [0.3, 0.4) is 0 Å². The Morgan fingerprint density at radius 2 is 2.28 bits per heavy atom. The first-order valence-corrected chi connectivity index (χ1v) is 5.62. The van der Waals surface area contributed by atoms with E-state index in [-0.39, 0.29) is 0 Å². The molecule has 0 saturated carbocycles. The maximum absolute atomic E-state index is 4.39. The molecule has 0 atom stereocenters. The molecule has 0 bridgehead atoms. The number of aryl methyl sites for hydroxylation is 2. The summed E-state index contributed by atoms with van der Waals surface area (Å²) in [5, 5.41) is 15.3. The van der Waals surface area contributed by atoms with Gasteiger partial charge in [0.15, 0.2) is 11.5 Å². The highest BCUT2D eigenvalue weighted by molar-refractivity contribution is 5.45. The van der Waals surface area contributed by atoms with E-state index in [9.17, 15) is 0 Å². The van der Waals surface area contributed by atoms with Crippen LogP contribution < -0.4 is 5.32 Å². The molecule has 3 heterocycles. The van der Waals surface area contributed by atoms with E-state index < -0.39 is 0 Å². The summed E-state index contributed by atoms with van der Waals surface area (Å²) < 4.78 is 3.60. The summed E-state index contributed by atoms with van der Waals surface area (Å²) in [7, 11) is 1.90. The molecule has 0 aliphatic heterocycles. The standard InChI is InChI=1S/C11H13N7/c1-8-3-4-18-9(5-8)14-11(16-18)12-6-10-15-13-7-17(10)2/h3-5,7H,6H2,1-2H3,(H,12,16). The SMILES string of the molecule is Cc1ccn2nc(NCc3nncn3C)nc2c1. The number of fused-ring (bicyclic) bond motifs is 1. The highest BCUT2D eigenvalue weighted by Gasteiger charge is 2.05. The monoisotopic (exact) mass is 243 g/mol. The van der Waals surface area contributed by atoms with Gasteiger partial charge in [-0.15, -0.1) is 15.3 Å². The first-order valence-electron chi connectivity index (χ1n) is 5.62. The molecule has 0 saturated heterocycles. The molecule has 0 aliphatic carbocycles. The van der Waals surface area contributed by atoms with E-state index in [1.54, 1.807) is 10.8 Å². The van der Waals surface area contributed by atoms with Crippen molar-refractivity contribution in [3.63, 3.8) is 0 Å². The number of hydrogen-bond acceptors (Lipinski definition) is 5. The summed E-state index contributed by atoms with van der Waals surface area (Å²) in [5.74, 6) is 1.42. The summed E-state index contributed by atoms with van der Waals surface area (Å²) in [6, 6.07) is 3.98. The third-order valence-corrected chi connectivity index (χ3v) is 2.70. The Labute approximate surface area is 103 Å². The van der Waals surface area contributed by atoms with Crippen LogP contribution in [0.4, 0.5) is 5.95 Å². The largest absolute Gasteiger partial charge is 0.346 e. The maximum atomic E-state index is 4.39. The molecule has 0 radical (unpaired) electrons. The zero-order valence-corrected chi connectivity index (χ0v) is 10.2. The number of anilines is 1. The summed E-state index contributed by atoms with van der Waals surface area (Å²) in [6.07, 6.45) is 3.56. The molecule has 3 aromatic rings. The number of hydrogen-bond donors (Lipinski definition) is 1. The summed E-state index contributed by atoms with van der Waals surface area (Å²) in [6.45, 7) is 2.58. The predicted octanol–water partition coefficient (Wildman–Crippen LogP) is 0.778. The van der Waals surface area contributed by atoms with Crippen molar-refractivity contribution in [2.75, 3.05) is 5.32 Å². The predicted molar refractivity (Wildman–Crippen MR) is 66.1 cm³/mol. The van der Waals surface area contributed by atoms with Gasteiger partial charge in [-0.25, -0.2) is 4.52 Å². The van der Waals surface area contributed by atoms with E-state index in [0.29, 0.717) is 12.5 Å². The molecular formula is C11H13N7. The van der Waals surface area contributed by atoms with Crippen LogP contribution in [0.25, 0.3) is 5.65 Å². The van der Waals surface area contributed by atoms with Crippen molar-refractivity contribution in [1.82, 2.24) is 29.4 Å². The second kappa shape index (κ2) is 4.10. The second-order valence-corrected chi connectivity index (χ2v) is 4.15. The van der Waals surface area contributed by atoms with Gasteiger partial charge in [-0.05, 0) is 24.6 Å². The smallest absolute Gasteiger partial charge is 0.243 e. The minimum atomic E-state index is 0.548. The zero-order chi connectivity index (χ0) is 12.5. The van der Waals surface area contributed by atoms with Gasteiger partial charge >= 0.3 is 0 Å². The van der Waals surface area contributed by atoms with E-state index in [1.165, 1.54) is 0 Å². The van der Waals surface area contributed by atoms with Crippen molar-refractivity contribution >= 4 is 11.6 Å². The Balaban J connectivity index is 1.81. The average molecular weight is 243 g/mol. The second-order valence-electron chi connectivity index (χ2n) is 4.15. The third-order valence-electron chi connectivity index (χ3n) is 2.70. The maximum Gasteiger partial charge on any atom is 0.243 e. The summed E-state index contributed by atoms with van der Waals surface area (Å²) >= 11 is 0. The fourth-order valence-electron chi connectivity index (χ4n) is 1.68. The van der Waals surface area contributed by atoms with Crippen LogP contribution in [-0.2, 0) is 13.6 Å². The van der Waals surface area contributed by atoms with E-state index in [1.807, 2.05) is 36.9 Å². The van der Waals surface area contributed by atoms with Gasteiger partial charge < -0.3 is 9.88 Å². The fraction of sp³-hybridized carbons (Fsp3) is 0.273. The topological polar surface area (TPSA) is 72.9 Å². The quantitative estimate of drug-likeness (QED) is 0.736. The molecule has 0 aromatic carbocycles. The first kappa shape index (κ1) is 10.7. The van der Waals surface area contributed by atoms with Crippen LogP contribution in [0.2, 0.25) is 0 Å². The van der Waals surface area contributed by atoms with Gasteiger partial charge in [0.05, 0.1) is 6.54 Å². The van der Waals surface area contributed by atoms with Crippen molar-refractivity contribution < 1.29 is 0 Å². The molecular weight excluding hydrogens is 230 g/mol. The number of nitrogens with zero attached hydrogens (tertiary/aromatic N) is 6. The fourth-order valence-corrected chi connectivity index (χ4v) is 1.68. The Morgan fingerprint density at radius 3 is 3.06 bits per heavy atom. The number of pyridine rings is 1. The molecule has 0 fully saturated rings. The summed E-state index contributed by atoms with van der Waals surface area (Å²) in [4.78, 5) is 4.39. The van der Waals surface area contributed by atoms with Crippen molar-refractivity contribution in [1.29, 1.82) is 0 Å². The van der Waals surface area contributed by atoms with Crippen LogP contribution in [0.1, 0.15) is 11.4 Å². The average Bonchev–Trinajstić information content (AvgIpc) is 2.92. The minimum Gasteiger partial charge on any atom is -0.346 e.